The monoisotopic (exact) mass is 324 g/mol. The van der Waals surface area contributed by atoms with Crippen LogP contribution in [0.15, 0.2) is 36.4 Å². The van der Waals surface area contributed by atoms with Gasteiger partial charge in [0.05, 0.1) is 7.11 Å². The number of hydrogen-bond acceptors (Lipinski definition) is 3. The van der Waals surface area contributed by atoms with Gasteiger partial charge in [0, 0.05) is 26.2 Å². The number of benzene rings is 2. The van der Waals surface area contributed by atoms with Gasteiger partial charge >= 0.3 is 6.18 Å². The third-order valence-corrected chi connectivity index (χ3v) is 4.21. The summed E-state index contributed by atoms with van der Waals surface area (Å²) in [4.78, 5) is 1.50. The van der Waals surface area contributed by atoms with Crippen molar-refractivity contribution in [2.24, 2.45) is 0 Å². The minimum Gasteiger partial charge on any atom is -0.497 e. The fourth-order valence-electron chi connectivity index (χ4n) is 3.09. The van der Waals surface area contributed by atoms with E-state index in [1.165, 1.54) is 4.90 Å². The van der Waals surface area contributed by atoms with Gasteiger partial charge in [-0.2, -0.15) is 13.2 Å². The van der Waals surface area contributed by atoms with Gasteiger partial charge in [-0.05, 0) is 34.5 Å². The van der Waals surface area contributed by atoms with E-state index in [0.29, 0.717) is 31.9 Å². The molecule has 1 heterocycles. The number of rotatable bonds is 3. The van der Waals surface area contributed by atoms with Crippen molar-refractivity contribution >= 4 is 10.8 Å². The number of piperazine rings is 1. The minimum absolute atomic E-state index is 0.289. The topological polar surface area (TPSA) is 24.5 Å². The summed E-state index contributed by atoms with van der Waals surface area (Å²) < 4.78 is 46.0. The maximum Gasteiger partial charge on any atom is 0.408 e. The van der Waals surface area contributed by atoms with Gasteiger partial charge in [0.2, 0.25) is 0 Å². The van der Waals surface area contributed by atoms with E-state index in [4.69, 9.17) is 4.74 Å². The molecule has 0 aliphatic carbocycles. The van der Waals surface area contributed by atoms with E-state index >= 15 is 0 Å². The first-order chi connectivity index (χ1) is 11.0. The number of halogens is 3. The Morgan fingerprint density at radius 3 is 2.35 bits per heavy atom. The number of nitrogens with one attached hydrogen (secondary N) is 1. The van der Waals surface area contributed by atoms with Crippen molar-refractivity contribution in [3.8, 4) is 5.75 Å². The molecule has 0 radical (unpaired) electrons. The van der Waals surface area contributed by atoms with Crippen molar-refractivity contribution in [1.82, 2.24) is 10.2 Å². The number of methoxy groups -OCH3 is 1. The van der Waals surface area contributed by atoms with Crippen molar-refractivity contribution in [1.29, 1.82) is 0 Å². The third-order valence-electron chi connectivity index (χ3n) is 4.21. The predicted molar refractivity (Wildman–Crippen MR) is 83.7 cm³/mol. The number of ether oxygens (including phenoxy) is 1. The molecule has 0 spiro atoms. The molecule has 2 aromatic carbocycles. The van der Waals surface area contributed by atoms with Gasteiger partial charge in [-0.3, -0.25) is 4.90 Å². The van der Waals surface area contributed by atoms with E-state index in [9.17, 15) is 13.2 Å². The summed E-state index contributed by atoms with van der Waals surface area (Å²) in [7, 11) is 1.57. The zero-order valence-corrected chi connectivity index (χ0v) is 12.9. The summed E-state index contributed by atoms with van der Waals surface area (Å²) in [6.07, 6.45) is -4.29. The Labute approximate surface area is 133 Å². The Kier molecular flexibility index (Phi) is 4.46. The van der Waals surface area contributed by atoms with Crippen LogP contribution in [0, 0.1) is 0 Å². The Hall–Kier alpha value is -1.79. The van der Waals surface area contributed by atoms with Gasteiger partial charge in [-0.25, -0.2) is 0 Å². The molecule has 0 unspecified atom stereocenters. The average molecular weight is 324 g/mol. The molecular formula is C17H19F3N2O. The molecule has 124 valence electrons. The van der Waals surface area contributed by atoms with Gasteiger partial charge in [0.1, 0.15) is 11.8 Å². The van der Waals surface area contributed by atoms with Gasteiger partial charge in [0.25, 0.3) is 0 Å². The van der Waals surface area contributed by atoms with Crippen LogP contribution in [-0.4, -0.2) is 44.4 Å². The highest BCUT2D eigenvalue weighted by Gasteiger charge is 2.44. The normalized spacial score (nSPS) is 18.1. The molecule has 1 atom stereocenters. The highest BCUT2D eigenvalue weighted by molar-refractivity contribution is 5.84. The Morgan fingerprint density at radius 2 is 1.70 bits per heavy atom. The highest BCUT2D eigenvalue weighted by atomic mass is 19.4. The van der Waals surface area contributed by atoms with E-state index < -0.39 is 12.2 Å². The van der Waals surface area contributed by atoms with Gasteiger partial charge in [0.15, 0.2) is 0 Å². The smallest absolute Gasteiger partial charge is 0.408 e. The second-order valence-corrected chi connectivity index (χ2v) is 5.70. The molecule has 1 saturated heterocycles. The lowest BCUT2D eigenvalue weighted by Gasteiger charge is -2.36. The second kappa shape index (κ2) is 6.37. The first kappa shape index (κ1) is 16.1. The van der Waals surface area contributed by atoms with E-state index in [1.54, 1.807) is 37.4 Å². The third kappa shape index (κ3) is 3.43. The molecular weight excluding hydrogens is 305 g/mol. The molecule has 23 heavy (non-hydrogen) atoms. The Morgan fingerprint density at radius 1 is 1.04 bits per heavy atom. The molecule has 3 nitrogen and oxygen atoms in total. The molecule has 3 rings (SSSR count). The van der Waals surface area contributed by atoms with Crippen LogP contribution in [0.5, 0.6) is 5.75 Å². The molecule has 0 aromatic heterocycles. The molecule has 1 aliphatic rings. The van der Waals surface area contributed by atoms with Gasteiger partial charge in [-0.1, -0.05) is 18.2 Å². The summed E-state index contributed by atoms with van der Waals surface area (Å²) in [5, 5.41) is 4.75. The van der Waals surface area contributed by atoms with E-state index in [2.05, 4.69) is 5.32 Å². The van der Waals surface area contributed by atoms with E-state index in [0.717, 1.165) is 10.8 Å². The maximum atomic E-state index is 13.6. The molecule has 0 saturated carbocycles. The van der Waals surface area contributed by atoms with Crippen molar-refractivity contribution in [3.05, 3.63) is 42.0 Å². The van der Waals surface area contributed by atoms with Crippen molar-refractivity contribution in [2.75, 3.05) is 33.3 Å². The van der Waals surface area contributed by atoms with Crippen LogP contribution in [-0.2, 0) is 0 Å². The highest BCUT2D eigenvalue weighted by Crippen LogP contribution is 2.39. The molecule has 0 amide bonds. The zero-order chi connectivity index (χ0) is 16.4. The number of fused-ring (bicyclic) bond motifs is 1. The largest absolute Gasteiger partial charge is 0.497 e. The Bertz CT molecular complexity index is 681. The van der Waals surface area contributed by atoms with Gasteiger partial charge < -0.3 is 10.1 Å². The summed E-state index contributed by atoms with van der Waals surface area (Å²) in [6, 6.07) is 8.76. The van der Waals surface area contributed by atoms with Crippen LogP contribution < -0.4 is 10.1 Å². The van der Waals surface area contributed by atoms with Crippen LogP contribution in [0.1, 0.15) is 11.6 Å². The molecule has 1 aliphatic heterocycles. The average Bonchev–Trinajstić information content (AvgIpc) is 2.54. The lowest BCUT2D eigenvalue weighted by Crippen LogP contribution is -2.49. The molecule has 2 aromatic rings. The van der Waals surface area contributed by atoms with Crippen LogP contribution >= 0.6 is 0 Å². The molecule has 1 fully saturated rings. The number of hydrogen-bond donors (Lipinski definition) is 1. The number of alkyl halides is 3. The summed E-state index contributed by atoms with van der Waals surface area (Å²) in [5.74, 6) is 0.694. The molecule has 1 N–H and O–H groups in total. The first-order valence-corrected chi connectivity index (χ1v) is 7.58. The maximum absolute atomic E-state index is 13.6. The predicted octanol–water partition coefficient (Wildman–Crippen LogP) is 3.36. The summed E-state index contributed by atoms with van der Waals surface area (Å²) in [6.45, 7) is 1.95. The standard InChI is InChI=1S/C17H19F3N2O/c1-23-15-5-4-12-10-14(3-2-13(12)11-15)16(17(18,19)20)22-8-6-21-7-9-22/h2-5,10-11,16,21H,6-9H2,1H3/t16-/m1/s1. The number of nitrogens with zero attached hydrogens (tertiary/aromatic N) is 1. The van der Waals surface area contributed by atoms with Crippen LogP contribution in [0.25, 0.3) is 10.8 Å². The molecule has 6 heteroatoms. The fourth-order valence-corrected chi connectivity index (χ4v) is 3.09. The minimum atomic E-state index is -4.29. The van der Waals surface area contributed by atoms with Crippen molar-refractivity contribution in [2.45, 2.75) is 12.2 Å². The quantitative estimate of drug-likeness (QED) is 0.937. The fraction of sp³-hybridized carbons (Fsp3) is 0.412. The Balaban J connectivity index is 2.00. The lowest BCUT2D eigenvalue weighted by molar-refractivity contribution is -0.187. The second-order valence-electron chi connectivity index (χ2n) is 5.70. The van der Waals surface area contributed by atoms with Crippen molar-refractivity contribution in [3.63, 3.8) is 0 Å². The summed E-state index contributed by atoms with van der Waals surface area (Å²) in [5.41, 5.74) is 0.289. The lowest BCUT2D eigenvalue weighted by atomic mass is 9.99. The van der Waals surface area contributed by atoms with Crippen molar-refractivity contribution < 1.29 is 17.9 Å². The summed E-state index contributed by atoms with van der Waals surface area (Å²) >= 11 is 0. The molecule has 0 bridgehead atoms. The van der Waals surface area contributed by atoms with Crippen LogP contribution in [0.2, 0.25) is 0 Å². The van der Waals surface area contributed by atoms with Crippen LogP contribution in [0.4, 0.5) is 13.2 Å². The van der Waals surface area contributed by atoms with E-state index in [1.807, 2.05) is 6.07 Å². The zero-order valence-electron chi connectivity index (χ0n) is 12.9. The van der Waals surface area contributed by atoms with Crippen LogP contribution in [0.3, 0.4) is 0 Å². The SMILES string of the molecule is COc1ccc2cc([C@@H](N3CCNCC3)C(F)(F)F)ccc2c1. The van der Waals surface area contributed by atoms with Gasteiger partial charge in [-0.15, -0.1) is 0 Å². The van der Waals surface area contributed by atoms with E-state index in [-0.39, 0.29) is 5.56 Å². The first-order valence-electron chi connectivity index (χ1n) is 7.58.